The summed E-state index contributed by atoms with van der Waals surface area (Å²) in [5.74, 6) is -0.0593. The monoisotopic (exact) mass is 346 g/mol. The third-order valence-corrected chi connectivity index (χ3v) is 3.59. The van der Waals surface area contributed by atoms with Crippen LogP contribution in [0.2, 0.25) is 0 Å². The van der Waals surface area contributed by atoms with Crippen molar-refractivity contribution < 1.29 is 19.1 Å². The molecule has 0 amide bonds. The Hall–Kier alpha value is -2.27. The van der Waals surface area contributed by atoms with Crippen molar-refractivity contribution in [3.63, 3.8) is 0 Å². The molecule has 106 valence electrons. The highest BCUT2D eigenvalue weighted by molar-refractivity contribution is 9.10. The number of carbonyl (C=O) groups is 1. The molecule has 1 aromatic heterocycles. The number of fused-ring (bicyclic) bond motifs is 1. The summed E-state index contributed by atoms with van der Waals surface area (Å²) in [4.78, 5) is 11.4. The van der Waals surface area contributed by atoms with Crippen LogP contribution in [-0.4, -0.2) is 11.1 Å². The number of carboxylic acids is 1. The zero-order valence-corrected chi connectivity index (χ0v) is 12.5. The van der Waals surface area contributed by atoms with E-state index < -0.39 is 5.97 Å². The predicted octanol–water partition coefficient (Wildman–Crippen LogP) is 4.47. The molecule has 0 saturated heterocycles. The molecule has 1 heterocycles. The zero-order chi connectivity index (χ0) is 14.8. The molecule has 0 spiro atoms. The summed E-state index contributed by atoms with van der Waals surface area (Å²) in [5, 5.41) is 9.95. The van der Waals surface area contributed by atoms with E-state index in [0.717, 1.165) is 4.47 Å². The van der Waals surface area contributed by atoms with E-state index in [1.54, 1.807) is 36.4 Å². The van der Waals surface area contributed by atoms with Gasteiger partial charge in [0.1, 0.15) is 23.5 Å². The molecule has 0 radical (unpaired) electrons. The summed E-state index contributed by atoms with van der Waals surface area (Å²) in [6, 6.07) is 14.4. The maximum absolute atomic E-state index is 11.4. The number of halogens is 1. The molecule has 0 unspecified atom stereocenters. The SMILES string of the molecule is O=C(O)c1c(COc2ccc(Br)cc2)oc2ccccc12. The fourth-order valence-electron chi connectivity index (χ4n) is 2.11. The Morgan fingerprint density at radius 3 is 2.57 bits per heavy atom. The van der Waals surface area contributed by atoms with Crippen LogP contribution >= 0.6 is 15.9 Å². The Labute approximate surface area is 129 Å². The molecule has 0 fully saturated rings. The van der Waals surface area contributed by atoms with Gasteiger partial charge in [0.15, 0.2) is 5.76 Å². The number of ether oxygens (including phenoxy) is 1. The lowest BCUT2D eigenvalue weighted by atomic mass is 10.1. The minimum atomic E-state index is -1.02. The fourth-order valence-corrected chi connectivity index (χ4v) is 2.38. The van der Waals surface area contributed by atoms with Gasteiger partial charge in [0.25, 0.3) is 0 Å². The fraction of sp³-hybridized carbons (Fsp3) is 0.0625. The van der Waals surface area contributed by atoms with Gasteiger partial charge < -0.3 is 14.3 Å². The number of benzene rings is 2. The molecule has 0 aliphatic heterocycles. The molecule has 3 aromatic rings. The topological polar surface area (TPSA) is 59.7 Å². The molecular weight excluding hydrogens is 336 g/mol. The van der Waals surface area contributed by atoms with Crippen LogP contribution < -0.4 is 4.74 Å². The minimum Gasteiger partial charge on any atom is -0.486 e. The van der Waals surface area contributed by atoms with Gasteiger partial charge in [0, 0.05) is 9.86 Å². The molecule has 21 heavy (non-hydrogen) atoms. The van der Waals surface area contributed by atoms with E-state index in [-0.39, 0.29) is 12.2 Å². The Balaban J connectivity index is 1.91. The Kier molecular flexibility index (Phi) is 3.66. The van der Waals surface area contributed by atoms with Crippen molar-refractivity contribution in [1.82, 2.24) is 0 Å². The summed E-state index contributed by atoms with van der Waals surface area (Å²) < 4.78 is 12.1. The van der Waals surface area contributed by atoms with Gasteiger partial charge >= 0.3 is 5.97 Å². The molecule has 0 aliphatic carbocycles. The lowest BCUT2D eigenvalue weighted by Gasteiger charge is -2.04. The van der Waals surface area contributed by atoms with E-state index in [0.29, 0.717) is 22.5 Å². The van der Waals surface area contributed by atoms with Gasteiger partial charge in [-0.3, -0.25) is 0 Å². The number of para-hydroxylation sites is 1. The van der Waals surface area contributed by atoms with E-state index in [2.05, 4.69) is 15.9 Å². The van der Waals surface area contributed by atoms with Crippen LogP contribution in [-0.2, 0) is 6.61 Å². The van der Waals surface area contributed by atoms with E-state index in [1.807, 2.05) is 12.1 Å². The van der Waals surface area contributed by atoms with Gasteiger partial charge in [-0.05, 0) is 30.3 Å². The van der Waals surface area contributed by atoms with Crippen LogP contribution in [0.4, 0.5) is 0 Å². The summed E-state index contributed by atoms with van der Waals surface area (Å²) in [7, 11) is 0. The molecule has 5 heteroatoms. The number of rotatable bonds is 4. The smallest absolute Gasteiger partial charge is 0.340 e. The largest absolute Gasteiger partial charge is 0.486 e. The van der Waals surface area contributed by atoms with Crippen molar-refractivity contribution in [3.05, 3.63) is 64.3 Å². The molecule has 1 N–H and O–H groups in total. The van der Waals surface area contributed by atoms with Crippen molar-refractivity contribution >= 4 is 32.9 Å². The Morgan fingerprint density at radius 1 is 1.14 bits per heavy atom. The van der Waals surface area contributed by atoms with Crippen LogP contribution in [0.15, 0.2) is 57.4 Å². The maximum Gasteiger partial charge on any atom is 0.340 e. The number of carboxylic acid groups (broad SMARTS) is 1. The molecule has 0 aliphatic rings. The average Bonchev–Trinajstić information content (AvgIpc) is 2.85. The van der Waals surface area contributed by atoms with E-state index in [1.165, 1.54) is 0 Å². The molecule has 2 aromatic carbocycles. The summed E-state index contributed by atoms with van der Waals surface area (Å²) >= 11 is 3.34. The summed E-state index contributed by atoms with van der Waals surface area (Å²) in [5.41, 5.74) is 0.701. The summed E-state index contributed by atoms with van der Waals surface area (Å²) in [6.07, 6.45) is 0. The first-order chi connectivity index (χ1) is 10.1. The highest BCUT2D eigenvalue weighted by Gasteiger charge is 2.20. The van der Waals surface area contributed by atoms with Crippen molar-refractivity contribution in [2.75, 3.05) is 0 Å². The number of hydrogen-bond acceptors (Lipinski definition) is 3. The quantitative estimate of drug-likeness (QED) is 0.756. The van der Waals surface area contributed by atoms with Gasteiger partial charge in [-0.1, -0.05) is 34.1 Å². The maximum atomic E-state index is 11.4. The van der Waals surface area contributed by atoms with Gasteiger partial charge in [-0.25, -0.2) is 4.79 Å². The number of hydrogen-bond donors (Lipinski definition) is 1. The second-order valence-electron chi connectivity index (χ2n) is 4.44. The lowest BCUT2D eigenvalue weighted by Crippen LogP contribution is -2.03. The molecule has 4 nitrogen and oxygen atoms in total. The second kappa shape index (κ2) is 5.61. The first kappa shape index (κ1) is 13.7. The predicted molar refractivity (Wildman–Crippen MR) is 81.6 cm³/mol. The lowest BCUT2D eigenvalue weighted by molar-refractivity contribution is 0.0693. The van der Waals surface area contributed by atoms with Crippen molar-refractivity contribution in [3.8, 4) is 5.75 Å². The van der Waals surface area contributed by atoms with Crippen molar-refractivity contribution in [2.45, 2.75) is 6.61 Å². The number of aromatic carboxylic acids is 1. The van der Waals surface area contributed by atoms with Gasteiger partial charge in [0.2, 0.25) is 0 Å². The molecule has 3 rings (SSSR count). The van der Waals surface area contributed by atoms with Crippen LogP contribution in [0.25, 0.3) is 11.0 Å². The third kappa shape index (κ3) is 2.78. The average molecular weight is 347 g/mol. The van der Waals surface area contributed by atoms with Crippen LogP contribution in [0, 0.1) is 0 Å². The standard InChI is InChI=1S/C16H11BrO4/c17-10-5-7-11(8-6-10)20-9-14-15(16(18)19)12-3-1-2-4-13(12)21-14/h1-8H,9H2,(H,18,19). The number of furan rings is 1. The van der Waals surface area contributed by atoms with E-state index in [4.69, 9.17) is 9.15 Å². The first-order valence-corrected chi connectivity index (χ1v) is 7.06. The van der Waals surface area contributed by atoms with Crippen molar-refractivity contribution in [2.24, 2.45) is 0 Å². The van der Waals surface area contributed by atoms with E-state index in [9.17, 15) is 9.90 Å². The van der Waals surface area contributed by atoms with Crippen molar-refractivity contribution in [1.29, 1.82) is 0 Å². The zero-order valence-electron chi connectivity index (χ0n) is 10.9. The van der Waals surface area contributed by atoms with E-state index >= 15 is 0 Å². The third-order valence-electron chi connectivity index (χ3n) is 3.07. The van der Waals surface area contributed by atoms with Crippen LogP contribution in [0.1, 0.15) is 16.1 Å². The molecule has 0 saturated carbocycles. The Morgan fingerprint density at radius 2 is 1.86 bits per heavy atom. The van der Waals surface area contributed by atoms with Crippen LogP contribution in [0.3, 0.4) is 0 Å². The normalized spacial score (nSPS) is 10.7. The Bertz CT molecular complexity index is 790. The molecular formula is C16H11BrO4. The van der Waals surface area contributed by atoms with Gasteiger partial charge in [-0.15, -0.1) is 0 Å². The highest BCUT2D eigenvalue weighted by atomic mass is 79.9. The van der Waals surface area contributed by atoms with Crippen LogP contribution in [0.5, 0.6) is 5.75 Å². The minimum absolute atomic E-state index is 0.0674. The van der Waals surface area contributed by atoms with Gasteiger partial charge in [0.05, 0.1) is 0 Å². The van der Waals surface area contributed by atoms with Gasteiger partial charge in [-0.2, -0.15) is 0 Å². The molecule has 0 atom stereocenters. The second-order valence-corrected chi connectivity index (χ2v) is 5.36. The molecule has 0 bridgehead atoms. The highest BCUT2D eigenvalue weighted by Crippen LogP contribution is 2.27. The first-order valence-electron chi connectivity index (χ1n) is 6.27. The summed E-state index contributed by atoms with van der Waals surface area (Å²) in [6.45, 7) is 0.0674.